The molecule has 34 heavy (non-hydrogen) atoms. The highest BCUT2D eigenvalue weighted by atomic mass is 32.2. The first-order chi connectivity index (χ1) is 15.9. The van der Waals surface area contributed by atoms with E-state index in [1.54, 1.807) is 17.3 Å². The Labute approximate surface area is 193 Å². The van der Waals surface area contributed by atoms with E-state index in [-0.39, 0.29) is 17.0 Å². The van der Waals surface area contributed by atoms with Crippen molar-refractivity contribution in [3.8, 4) is 0 Å². The Morgan fingerprint density at radius 3 is 2.41 bits per heavy atom. The molecule has 1 aromatic carbocycles. The maximum absolute atomic E-state index is 14.4. The Bertz CT molecular complexity index is 1410. The quantitative estimate of drug-likeness (QED) is 0.452. The summed E-state index contributed by atoms with van der Waals surface area (Å²) in [5, 5.41) is 15.9. The van der Waals surface area contributed by atoms with Gasteiger partial charge in [0.2, 0.25) is 10.0 Å². The van der Waals surface area contributed by atoms with Gasteiger partial charge >= 0.3 is 11.9 Å². The molecule has 3 N–H and O–H groups in total. The average molecular weight is 492 g/mol. The summed E-state index contributed by atoms with van der Waals surface area (Å²) in [4.78, 5) is 41.0. The molecule has 2 aromatic heterocycles. The Kier molecular flexibility index (Phi) is 6.86. The number of fused-ring (bicyclic) bond motifs is 3. The molecule has 3 aromatic rings. The van der Waals surface area contributed by atoms with Crippen molar-refractivity contribution in [2.45, 2.75) is 19.9 Å². The molecule has 0 fully saturated rings. The fourth-order valence-electron chi connectivity index (χ4n) is 3.67. The van der Waals surface area contributed by atoms with E-state index < -0.39 is 27.8 Å². The zero-order chi connectivity index (χ0) is 25.2. The highest BCUT2D eigenvalue weighted by Crippen LogP contribution is 2.33. The van der Waals surface area contributed by atoms with E-state index >= 15 is 0 Å². The third-order valence-electron chi connectivity index (χ3n) is 5.09. The summed E-state index contributed by atoms with van der Waals surface area (Å²) in [6, 6.07) is 4.26. The molecule has 1 aliphatic rings. The van der Waals surface area contributed by atoms with Crippen LogP contribution in [0.15, 0.2) is 36.7 Å². The van der Waals surface area contributed by atoms with Gasteiger partial charge in [-0.15, -0.1) is 0 Å². The molecule has 11 nitrogen and oxygen atoms in total. The lowest BCUT2D eigenvalue weighted by Crippen LogP contribution is -2.38. The number of carboxylic acid groups (broad SMARTS) is 2. The number of aliphatic carboxylic acids is 2. The van der Waals surface area contributed by atoms with Crippen LogP contribution in [-0.2, 0) is 32.6 Å². The van der Waals surface area contributed by atoms with E-state index in [9.17, 15) is 27.2 Å². The monoisotopic (exact) mass is 492 g/mol. The Balaban J connectivity index is 0.000000350. The molecule has 0 aliphatic carbocycles. The molecule has 0 radical (unpaired) electrons. The van der Waals surface area contributed by atoms with Gasteiger partial charge in [-0.05, 0) is 13.0 Å². The number of H-pyrrole nitrogens is 1. The van der Waals surface area contributed by atoms with E-state index in [1.165, 1.54) is 12.1 Å². The smallest absolute Gasteiger partial charge is 0.328 e. The van der Waals surface area contributed by atoms with Gasteiger partial charge in [0, 0.05) is 41.9 Å². The van der Waals surface area contributed by atoms with Gasteiger partial charge in [0.25, 0.3) is 5.91 Å². The van der Waals surface area contributed by atoms with Crippen LogP contribution >= 0.6 is 0 Å². The molecule has 0 atom stereocenters. The van der Waals surface area contributed by atoms with Crippen molar-refractivity contribution in [1.29, 1.82) is 0 Å². The number of aryl methyl sites for hydroxylation is 1. The molecule has 0 saturated carbocycles. The van der Waals surface area contributed by atoms with Crippen LogP contribution in [0, 0.1) is 12.7 Å². The fraction of sp³-hybridized carbons (Fsp3) is 0.238. The zero-order valence-corrected chi connectivity index (χ0v) is 19.0. The number of aromatic nitrogens is 3. The molecular weight excluding hydrogens is 471 g/mol. The number of hydrogen-bond donors (Lipinski definition) is 3. The predicted molar refractivity (Wildman–Crippen MR) is 118 cm³/mol. The largest absolute Gasteiger partial charge is 0.478 e. The Morgan fingerprint density at radius 2 is 1.88 bits per heavy atom. The summed E-state index contributed by atoms with van der Waals surface area (Å²) in [6.45, 7) is 2.52. The minimum Gasteiger partial charge on any atom is -0.478 e. The third-order valence-corrected chi connectivity index (χ3v) is 6.15. The number of imidazole rings is 1. The van der Waals surface area contributed by atoms with Crippen LogP contribution in [0.4, 0.5) is 4.39 Å². The number of nitrogens with zero attached hydrogens (tertiary/aromatic N) is 3. The van der Waals surface area contributed by atoms with Crippen molar-refractivity contribution < 1.29 is 37.4 Å². The highest BCUT2D eigenvalue weighted by molar-refractivity contribution is 7.89. The number of carbonyl (C=O) groups excluding carboxylic acids is 1. The second-order valence-electron chi connectivity index (χ2n) is 7.45. The summed E-state index contributed by atoms with van der Waals surface area (Å²) in [5.74, 6) is -3.49. The van der Waals surface area contributed by atoms with E-state index in [0.717, 1.165) is 21.6 Å². The maximum atomic E-state index is 14.4. The minimum atomic E-state index is -3.76. The summed E-state index contributed by atoms with van der Waals surface area (Å²) in [7, 11) is -3.76. The lowest BCUT2D eigenvalue weighted by Gasteiger charge is -2.27. The number of hydrogen-bond acceptors (Lipinski definition) is 6. The molecule has 3 heterocycles. The number of carbonyl (C=O) groups is 3. The molecule has 1 aliphatic heterocycles. The summed E-state index contributed by atoms with van der Waals surface area (Å²) >= 11 is 0. The van der Waals surface area contributed by atoms with Crippen molar-refractivity contribution in [2.75, 3.05) is 12.8 Å². The SMILES string of the molecule is Cc1[nH]cnc1CN1CCc2c(c3cccc(F)c3n2S(C)(=O)=O)C1=O.O=C(O)/C=C\C(=O)O. The second kappa shape index (κ2) is 9.47. The number of amides is 1. The summed E-state index contributed by atoms with van der Waals surface area (Å²) in [5.41, 5.74) is 2.15. The van der Waals surface area contributed by atoms with Gasteiger partial charge in [-0.2, -0.15) is 0 Å². The topological polar surface area (TPSA) is 163 Å². The average Bonchev–Trinajstić information content (AvgIpc) is 3.31. The molecule has 0 spiro atoms. The van der Waals surface area contributed by atoms with E-state index in [0.29, 0.717) is 42.7 Å². The standard InChI is InChI=1S/C17H17FN4O3S.C4H4O4/c1-10-13(20-9-19-10)8-21-7-6-14-15(17(21)23)11-4-3-5-12(18)16(11)22(14)26(2,24)25;5-3(6)1-2-4(7)8/h3-5,9H,6-8H2,1-2H3,(H,19,20);1-2H,(H,5,6)(H,7,8)/b;2-1-. The third kappa shape index (κ3) is 4.98. The second-order valence-corrected chi connectivity index (χ2v) is 9.28. The van der Waals surface area contributed by atoms with E-state index in [4.69, 9.17) is 10.2 Å². The number of aromatic amines is 1. The number of benzene rings is 1. The number of para-hydroxylation sites is 1. The van der Waals surface area contributed by atoms with Crippen LogP contribution in [0.5, 0.6) is 0 Å². The van der Waals surface area contributed by atoms with Crippen molar-refractivity contribution in [3.05, 3.63) is 65.1 Å². The first-order valence-electron chi connectivity index (χ1n) is 9.86. The van der Waals surface area contributed by atoms with Gasteiger partial charge in [0.1, 0.15) is 11.3 Å². The van der Waals surface area contributed by atoms with Crippen molar-refractivity contribution in [2.24, 2.45) is 0 Å². The summed E-state index contributed by atoms with van der Waals surface area (Å²) < 4.78 is 40.0. The lowest BCUT2D eigenvalue weighted by molar-refractivity contribution is -0.134. The van der Waals surface area contributed by atoms with Crippen LogP contribution in [0.2, 0.25) is 0 Å². The highest BCUT2D eigenvalue weighted by Gasteiger charge is 2.34. The van der Waals surface area contributed by atoms with Gasteiger partial charge in [-0.3, -0.25) is 4.79 Å². The van der Waals surface area contributed by atoms with E-state index in [1.807, 2.05) is 6.92 Å². The molecule has 13 heteroatoms. The van der Waals surface area contributed by atoms with Gasteiger partial charge in [0.15, 0.2) is 0 Å². The normalized spacial score (nSPS) is 13.6. The van der Waals surface area contributed by atoms with Gasteiger partial charge < -0.3 is 20.1 Å². The molecule has 180 valence electrons. The molecule has 0 saturated heterocycles. The van der Waals surface area contributed by atoms with Crippen molar-refractivity contribution >= 4 is 38.8 Å². The minimum absolute atomic E-state index is 0.0637. The van der Waals surface area contributed by atoms with Gasteiger partial charge in [-0.1, -0.05) is 12.1 Å². The van der Waals surface area contributed by atoms with Gasteiger partial charge in [0.05, 0.1) is 30.4 Å². The number of rotatable bonds is 5. The van der Waals surface area contributed by atoms with Crippen LogP contribution in [0.3, 0.4) is 0 Å². The van der Waals surface area contributed by atoms with Gasteiger partial charge in [-0.25, -0.2) is 31.4 Å². The fourth-order valence-corrected chi connectivity index (χ4v) is 4.77. The Hall–Kier alpha value is -4.00. The van der Waals surface area contributed by atoms with E-state index in [2.05, 4.69) is 9.97 Å². The molecular formula is C21H21FN4O7S. The van der Waals surface area contributed by atoms with Crippen molar-refractivity contribution in [1.82, 2.24) is 18.8 Å². The number of halogens is 1. The zero-order valence-electron chi connectivity index (χ0n) is 18.1. The first-order valence-corrected chi connectivity index (χ1v) is 11.7. The predicted octanol–water partition coefficient (Wildman–Crippen LogP) is 1.53. The first kappa shape index (κ1) is 24.6. The molecule has 4 rings (SSSR count). The lowest BCUT2D eigenvalue weighted by atomic mass is 10.0. The number of nitrogens with one attached hydrogen (secondary N) is 1. The summed E-state index contributed by atoms with van der Waals surface area (Å²) in [6.07, 6.45) is 4.02. The van der Waals surface area contributed by atoms with Crippen molar-refractivity contribution in [3.63, 3.8) is 0 Å². The van der Waals surface area contributed by atoms with Crippen LogP contribution < -0.4 is 0 Å². The van der Waals surface area contributed by atoms with Crippen LogP contribution in [0.25, 0.3) is 10.9 Å². The maximum Gasteiger partial charge on any atom is 0.328 e. The van der Waals surface area contributed by atoms with Crippen LogP contribution in [0.1, 0.15) is 27.4 Å². The number of carboxylic acids is 2. The van der Waals surface area contributed by atoms with Crippen LogP contribution in [-0.4, -0.2) is 68.1 Å². The molecule has 0 bridgehead atoms. The Morgan fingerprint density at radius 1 is 1.24 bits per heavy atom. The molecule has 1 amide bonds. The molecule has 0 unspecified atom stereocenters.